The zero-order chi connectivity index (χ0) is 15.8. The van der Waals surface area contributed by atoms with Crippen molar-refractivity contribution >= 4 is 12.3 Å². The first-order valence-corrected chi connectivity index (χ1v) is 7.08. The van der Waals surface area contributed by atoms with Crippen LogP contribution in [0.5, 0.6) is 0 Å². The van der Waals surface area contributed by atoms with Gasteiger partial charge < -0.3 is 10.4 Å². The summed E-state index contributed by atoms with van der Waals surface area (Å²) in [7, 11) is 0. The van der Waals surface area contributed by atoms with Crippen molar-refractivity contribution in [2.24, 2.45) is 11.3 Å². The maximum absolute atomic E-state index is 12.2. The number of rotatable bonds is 9. The molecule has 6 heteroatoms. The van der Waals surface area contributed by atoms with Crippen molar-refractivity contribution < 1.29 is 19.9 Å². The lowest BCUT2D eigenvalue weighted by atomic mass is 9.86. The topological polar surface area (TPSA) is 89.9 Å². The van der Waals surface area contributed by atoms with E-state index in [1.165, 1.54) is 0 Å². The van der Waals surface area contributed by atoms with E-state index in [1.807, 2.05) is 27.7 Å². The van der Waals surface area contributed by atoms with Crippen molar-refractivity contribution in [2.45, 2.75) is 53.0 Å². The molecule has 0 aliphatic rings. The van der Waals surface area contributed by atoms with Crippen LogP contribution >= 0.6 is 0 Å². The number of hydrogen-bond donors (Lipinski definition) is 3. The molecule has 0 aromatic rings. The fraction of sp³-hybridized carbons (Fsp3) is 0.857. The Labute approximate surface area is 121 Å². The van der Waals surface area contributed by atoms with E-state index in [0.717, 1.165) is 12.8 Å². The van der Waals surface area contributed by atoms with Crippen LogP contribution in [0.4, 0.5) is 0 Å². The summed E-state index contributed by atoms with van der Waals surface area (Å²) in [6, 6.07) is -0.359. The molecule has 3 N–H and O–H groups in total. The van der Waals surface area contributed by atoms with Gasteiger partial charge in [0, 0.05) is 0 Å². The van der Waals surface area contributed by atoms with Gasteiger partial charge in [0.25, 0.3) is 0 Å². The van der Waals surface area contributed by atoms with Crippen LogP contribution in [0.3, 0.4) is 0 Å². The van der Waals surface area contributed by atoms with Crippen LogP contribution < -0.4 is 5.32 Å². The predicted octanol–water partition coefficient (Wildman–Crippen LogP) is 1.16. The molecule has 0 saturated carbocycles. The molecule has 0 bridgehead atoms. The van der Waals surface area contributed by atoms with Crippen molar-refractivity contribution in [2.75, 3.05) is 13.2 Å². The second kappa shape index (κ2) is 8.92. The molecule has 0 spiro atoms. The summed E-state index contributed by atoms with van der Waals surface area (Å²) in [6.07, 6.45) is 2.65. The van der Waals surface area contributed by atoms with Crippen LogP contribution in [0.25, 0.3) is 0 Å². The number of nitrogens with zero attached hydrogens (tertiary/aromatic N) is 1. The number of hydroxylamine groups is 2. The minimum Gasteiger partial charge on any atom is -0.394 e. The Morgan fingerprint density at radius 2 is 2.00 bits per heavy atom. The molecule has 0 fully saturated rings. The van der Waals surface area contributed by atoms with Crippen LogP contribution in [0, 0.1) is 11.3 Å². The van der Waals surface area contributed by atoms with Gasteiger partial charge >= 0.3 is 0 Å². The summed E-state index contributed by atoms with van der Waals surface area (Å²) in [5, 5.41) is 21.9. The summed E-state index contributed by atoms with van der Waals surface area (Å²) >= 11 is 0. The maximum atomic E-state index is 12.2. The third-order valence-electron chi connectivity index (χ3n) is 3.35. The lowest BCUT2D eigenvalue weighted by molar-refractivity contribution is -0.155. The van der Waals surface area contributed by atoms with E-state index in [4.69, 9.17) is 0 Å². The van der Waals surface area contributed by atoms with E-state index >= 15 is 0 Å². The average molecular weight is 288 g/mol. The Balaban J connectivity index is 4.71. The standard InChI is InChI=1S/C14H28N2O4/c1-5-6-7-11(8-16(20)10-18)13(19)15-12(9-17)14(2,3)4/h10-12,17,20H,5-9H2,1-4H3,(H,15,19). The van der Waals surface area contributed by atoms with Crippen molar-refractivity contribution in [1.82, 2.24) is 10.4 Å². The van der Waals surface area contributed by atoms with Gasteiger partial charge in [-0.3, -0.25) is 14.8 Å². The molecule has 0 heterocycles. The van der Waals surface area contributed by atoms with E-state index in [9.17, 15) is 19.9 Å². The number of unbranched alkanes of at least 4 members (excludes halogenated alkanes) is 1. The van der Waals surface area contributed by atoms with Crippen molar-refractivity contribution in [3.05, 3.63) is 0 Å². The SMILES string of the molecule is CCCCC(CN(O)C=O)C(=O)NC(CO)C(C)(C)C. The monoisotopic (exact) mass is 288 g/mol. The normalized spacial score (nSPS) is 14.5. The highest BCUT2D eigenvalue weighted by atomic mass is 16.5. The largest absolute Gasteiger partial charge is 0.394 e. The molecule has 20 heavy (non-hydrogen) atoms. The first-order valence-electron chi connectivity index (χ1n) is 7.08. The molecule has 0 radical (unpaired) electrons. The van der Waals surface area contributed by atoms with E-state index in [-0.39, 0.29) is 30.5 Å². The van der Waals surface area contributed by atoms with Crippen molar-refractivity contribution in [3.8, 4) is 0 Å². The minimum atomic E-state index is -0.471. The van der Waals surface area contributed by atoms with Crippen LogP contribution in [0.2, 0.25) is 0 Å². The van der Waals surface area contributed by atoms with Gasteiger partial charge in [-0.25, -0.2) is 5.06 Å². The first kappa shape index (κ1) is 18.9. The van der Waals surface area contributed by atoms with Crippen LogP contribution in [-0.2, 0) is 9.59 Å². The van der Waals surface area contributed by atoms with E-state index in [1.54, 1.807) is 0 Å². The molecule has 6 nitrogen and oxygen atoms in total. The quantitative estimate of drug-likeness (QED) is 0.337. The summed E-state index contributed by atoms with van der Waals surface area (Å²) < 4.78 is 0. The number of aliphatic hydroxyl groups excluding tert-OH is 1. The molecule has 0 aromatic carbocycles. The van der Waals surface area contributed by atoms with Gasteiger partial charge in [-0.1, -0.05) is 40.5 Å². The summed E-state index contributed by atoms with van der Waals surface area (Å²) in [4.78, 5) is 22.7. The van der Waals surface area contributed by atoms with Gasteiger partial charge in [-0.05, 0) is 11.8 Å². The molecule has 2 unspecified atom stereocenters. The molecule has 0 aliphatic heterocycles. The lowest BCUT2D eigenvalue weighted by Crippen LogP contribution is -2.49. The van der Waals surface area contributed by atoms with Crippen molar-refractivity contribution in [1.29, 1.82) is 0 Å². The summed E-state index contributed by atoms with van der Waals surface area (Å²) in [5.41, 5.74) is -0.261. The number of nitrogens with one attached hydrogen (secondary N) is 1. The Hall–Kier alpha value is -1.14. The van der Waals surface area contributed by atoms with Gasteiger partial charge in [-0.15, -0.1) is 0 Å². The molecular weight excluding hydrogens is 260 g/mol. The second-order valence-electron chi connectivity index (χ2n) is 6.18. The molecule has 0 saturated heterocycles. The maximum Gasteiger partial charge on any atom is 0.233 e. The zero-order valence-corrected chi connectivity index (χ0v) is 12.9. The molecule has 118 valence electrons. The smallest absolute Gasteiger partial charge is 0.233 e. The van der Waals surface area contributed by atoms with Crippen LogP contribution in [0.15, 0.2) is 0 Å². The zero-order valence-electron chi connectivity index (χ0n) is 12.9. The number of carbonyl (C=O) groups excluding carboxylic acids is 2. The molecule has 0 aromatic heterocycles. The molecule has 0 aliphatic carbocycles. The average Bonchev–Trinajstić information content (AvgIpc) is 2.38. The molecule has 0 rings (SSSR count). The van der Waals surface area contributed by atoms with Gasteiger partial charge in [0.2, 0.25) is 12.3 Å². The van der Waals surface area contributed by atoms with E-state index in [2.05, 4.69) is 5.32 Å². The third kappa shape index (κ3) is 6.86. The molecular formula is C14H28N2O4. The fourth-order valence-corrected chi connectivity index (χ4v) is 1.85. The second-order valence-corrected chi connectivity index (χ2v) is 6.18. The Morgan fingerprint density at radius 3 is 2.40 bits per heavy atom. The summed E-state index contributed by atoms with van der Waals surface area (Å²) in [6.45, 7) is 7.62. The highest BCUT2D eigenvalue weighted by Crippen LogP contribution is 2.20. The number of hydrogen-bond acceptors (Lipinski definition) is 4. The molecule has 2 atom stereocenters. The third-order valence-corrected chi connectivity index (χ3v) is 3.35. The highest BCUT2D eigenvalue weighted by Gasteiger charge is 2.29. The Bertz CT molecular complexity index is 302. The summed E-state index contributed by atoms with van der Waals surface area (Å²) in [5.74, 6) is -0.713. The van der Waals surface area contributed by atoms with Crippen molar-refractivity contribution in [3.63, 3.8) is 0 Å². The Morgan fingerprint density at radius 1 is 1.40 bits per heavy atom. The van der Waals surface area contributed by atoms with Crippen LogP contribution in [0.1, 0.15) is 47.0 Å². The minimum absolute atomic E-state index is 0.0301. The van der Waals surface area contributed by atoms with Crippen LogP contribution in [-0.4, -0.2) is 46.9 Å². The van der Waals surface area contributed by atoms with Gasteiger partial charge in [0.1, 0.15) is 0 Å². The number of aliphatic hydroxyl groups is 1. The van der Waals surface area contributed by atoms with Gasteiger partial charge in [0.15, 0.2) is 0 Å². The number of carbonyl (C=O) groups is 2. The molecule has 2 amide bonds. The van der Waals surface area contributed by atoms with E-state index in [0.29, 0.717) is 17.9 Å². The fourth-order valence-electron chi connectivity index (χ4n) is 1.85. The predicted molar refractivity (Wildman–Crippen MR) is 76.0 cm³/mol. The Kier molecular flexibility index (Phi) is 8.41. The van der Waals surface area contributed by atoms with E-state index < -0.39 is 5.92 Å². The highest BCUT2D eigenvalue weighted by molar-refractivity contribution is 5.79. The van der Waals surface area contributed by atoms with Gasteiger partial charge in [-0.2, -0.15) is 0 Å². The number of amides is 2. The lowest BCUT2D eigenvalue weighted by Gasteiger charge is -2.31. The van der Waals surface area contributed by atoms with Gasteiger partial charge in [0.05, 0.1) is 25.1 Å². The first-order chi connectivity index (χ1) is 9.26.